The summed E-state index contributed by atoms with van der Waals surface area (Å²) in [5.74, 6) is -0.898. The minimum Gasteiger partial charge on any atom is -0.588 e. The molecule has 1 saturated heterocycles. The van der Waals surface area contributed by atoms with Gasteiger partial charge in [0, 0.05) is 13.5 Å². The monoisotopic (exact) mass is 317 g/mol. The van der Waals surface area contributed by atoms with Crippen LogP contribution in [0.1, 0.15) is 6.92 Å². The molecule has 0 aliphatic carbocycles. The highest BCUT2D eigenvalue weighted by atomic mass is 35.5. The van der Waals surface area contributed by atoms with Gasteiger partial charge in [0.1, 0.15) is 11.7 Å². The number of nitrogens with zero attached hydrogens (tertiary/aromatic N) is 3. The Labute approximate surface area is 121 Å². The van der Waals surface area contributed by atoms with E-state index >= 15 is 0 Å². The van der Waals surface area contributed by atoms with Crippen molar-refractivity contribution in [3.63, 3.8) is 0 Å². The number of pyridine rings is 1. The average molecular weight is 318 g/mol. The zero-order valence-corrected chi connectivity index (χ0v) is 12.2. The van der Waals surface area contributed by atoms with Crippen molar-refractivity contribution in [2.75, 3.05) is 19.6 Å². The third-order valence-electron chi connectivity index (χ3n) is 2.91. The Morgan fingerprint density at radius 1 is 1.45 bits per heavy atom. The SMILES string of the molecule is CC(=O)N1CCN([S+](=O)([O-])c2ccc(Cl)nc2)C(=O)C1. The molecule has 1 aliphatic heterocycles. The maximum absolute atomic E-state index is 12.3. The van der Waals surface area contributed by atoms with Crippen LogP contribution in [0.5, 0.6) is 0 Å². The summed E-state index contributed by atoms with van der Waals surface area (Å²) in [6.07, 6.45) is 1.10. The molecule has 0 aromatic carbocycles. The van der Waals surface area contributed by atoms with E-state index in [4.69, 9.17) is 11.6 Å². The van der Waals surface area contributed by atoms with Crippen molar-refractivity contribution in [1.82, 2.24) is 14.2 Å². The van der Waals surface area contributed by atoms with E-state index in [9.17, 15) is 18.4 Å². The lowest BCUT2D eigenvalue weighted by molar-refractivity contribution is -0.140. The third kappa shape index (κ3) is 2.82. The number of hydrogen-bond acceptors (Lipinski definition) is 5. The van der Waals surface area contributed by atoms with Crippen LogP contribution in [0.25, 0.3) is 0 Å². The highest BCUT2D eigenvalue weighted by molar-refractivity contribution is 7.96. The Balaban J connectivity index is 2.22. The summed E-state index contributed by atoms with van der Waals surface area (Å²) in [6.45, 7) is 1.21. The molecule has 1 unspecified atom stereocenters. The van der Waals surface area contributed by atoms with E-state index in [1.54, 1.807) is 0 Å². The van der Waals surface area contributed by atoms with E-state index in [0.717, 1.165) is 10.5 Å². The number of halogens is 1. The van der Waals surface area contributed by atoms with E-state index in [-0.39, 0.29) is 35.6 Å². The maximum Gasteiger partial charge on any atom is 0.283 e. The molecule has 1 aromatic rings. The van der Waals surface area contributed by atoms with Gasteiger partial charge in [-0.2, -0.15) is 4.31 Å². The van der Waals surface area contributed by atoms with Gasteiger partial charge in [0.2, 0.25) is 5.91 Å². The minimum atomic E-state index is -3.95. The summed E-state index contributed by atoms with van der Waals surface area (Å²) in [5, 5.41) is 0.164. The average Bonchev–Trinajstić information content (AvgIpc) is 2.38. The summed E-state index contributed by atoms with van der Waals surface area (Å²) in [6, 6.07) is 2.63. The molecule has 7 nitrogen and oxygen atoms in total. The second-order valence-corrected chi connectivity index (χ2v) is 6.48. The predicted molar refractivity (Wildman–Crippen MR) is 70.3 cm³/mol. The number of rotatable bonds is 2. The molecule has 1 fully saturated rings. The molecule has 0 bridgehead atoms. The van der Waals surface area contributed by atoms with Gasteiger partial charge in [-0.05, 0) is 12.1 Å². The Bertz CT molecular complexity index is 592. The highest BCUT2D eigenvalue weighted by Gasteiger charge is 2.39. The zero-order valence-electron chi connectivity index (χ0n) is 10.6. The van der Waals surface area contributed by atoms with E-state index in [0.29, 0.717) is 0 Å². The smallest absolute Gasteiger partial charge is 0.283 e. The molecule has 1 atom stereocenters. The van der Waals surface area contributed by atoms with Crippen molar-refractivity contribution in [3.8, 4) is 0 Å². The molecule has 0 radical (unpaired) electrons. The normalized spacial score (nSPS) is 18.9. The summed E-state index contributed by atoms with van der Waals surface area (Å²) in [7, 11) is -3.95. The molecular formula is C11H12ClN3O4S. The largest absolute Gasteiger partial charge is 0.588 e. The summed E-state index contributed by atoms with van der Waals surface area (Å²) in [4.78, 5) is 28.0. The second-order valence-electron chi connectivity index (χ2n) is 4.23. The van der Waals surface area contributed by atoms with Crippen molar-refractivity contribution >= 4 is 33.8 Å². The summed E-state index contributed by atoms with van der Waals surface area (Å²) in [5.41, 5.74) is 0. The molecule has 0 spiro atoms. The van der Waals surface area contributed by atoms with Gasteiger partial charge in [0.15, 0.2) is 15.3 Å². The standard InChI is InChI=1S/C11H12ClN3O4S/c1-8(16)14-4-5-15(11(17)7-14)20(18,19)9-2-3-10(12)13-6-9/h2-3,6H,4-5,7H2,1H3. The molecule has 2 amide bonds. The zero-order chi connectivity index (χ0) is 14.9. The summed E-state index contributed by atoms with van der Waals surface area (Å²) >= 11 is 5.60. The van der Waals surface area contributed by atoms with Gasteiger partial charge in [-0.25, -0.2) is 4.98 Å². The molecule has 2 heterocycles. The number of hydrogen-bond donors (Lipinski definition) is 0. The van der Waals surface area contributed by atoms with E-state index in [2.05, 4.69) is 4.98 Å². The highest BCUT2D eigenvalue weighted by Crippen LogP contribution is 2.23. The topological polar surface area (TPSA) is 93.6 Å². The Morgan fingerprint density at radius 2 is 2.15 bits per heavy atom. The van der Waals surface area contributed by atoms with Crippen molar-refractivity contribution in [2.24, 2.45) is 0 Å². The summed E-state index contributed by atoms with van der Waals surface area (Å²) < 4.78 is 25.4. The van der Waals surface area contributed by atoms with Crippen LogP contribution in [0.4, 0.5) is 0 Å². The molecule has 20 heavy (non-hydrogen) atoms. The molecule has 0 N–H and O–H groups in total. The Morgan fingerprint density at radius 3 is 2.65 bits per heavy atom. The van der Waals surface area contributed by atoms with Crippen molar-refractivity contribution in [2.45, 2.75) is 11.8 Å². The number of amides is 2. The van der Waals surface area contributed by atoms with Crippen molar-refractivity contribution in [1.29, 1.82) is 0 Å². The van der Waals surface area contributed by atoms with E-state index in [1.165, 1.54) is 24.0 Å². The van der Waals surface area contributed by atoms with Gasteiger partial charge >= 0.3 is 0 Å². The van der Waals surface area contributed by atoms with Crippen LogP contribution in [-0.2, 0) is 24.2 Å². The van der Waals surface area contributed by atoms with Crippen LogP contribution in [0.15, 0.2) is 23.2 Å². The van der Waals surface area contributed by atoms with Crippen molar-refractivity contribution in [3.05, 3.63) is 23.5 Å². The van der Waals surface area contributed by atoms with Crippen LogP contribution in [0.3, 0.4) is 0 Å². The van der Waals surface area contributed by atoms with E-state index < -0.39 is 16.3 Å². The van der Waals surface area contributed by atoms with Gasteiger partial charge in [0.05, 0.1) is 12.7 Å². The van der Waals surface area contributed by atoms with Gasteiger partial charge in [-0.1, -0.05) is 15.8 Å². The quantitative estimate of drug-likeness (QED) is 0.579. The lowest BCUT2D eigenvalue weighted by atomic mass is 10.3. The number of carbonyl (C=O) groups excluding carboxylic acids is 2. The Kier molecular flexibility index (Phi) is 4.07. The minimum absolute atomic E-state index is 0.0661. The van der Waals surface area contributed by atoms with Crippen LogP contribution < -0.4 is 0 Å². The van der Waals surface area contributed by atoms with Crippen LogP contribution in [0.2, 0.25) is 5.15 Å². The number of piperazine rings is 1. The first-order valence-electron chi connectivity index (χ1n) is 5.75. The second kappa shape index (κ2) is 5.47. The molecule has 108 valence electrons. The van der Waals surface area contributed by atoms with Crippen LogP contribution >= 0.6 is 11.6 Å². The molecular weight excluding hydrogens is 306 g/mol. The van der Waals surface area contributed by atoms with Crippen LogP contribution in [0, 0.1) is 0 Å². The first-order valence-corrected chi connectivity index (χ1v) is 7.57. The lowest BCUT2D eigenvalue weighted by Crippen LogP contribution is -2.55. The number of sulfonamides is 1. The van der Waals surface area contributed by atoms with E-state index in [1.807, 2.05) is 0 Å². The fourth-order valence-corrected chi connectivity index (χ4v) is 3.26. The Hall–Kier alpha value is -1.51. The van der Waals surface area contributed by atoms with Gasteiger partial charge in [0.25, 0.3) is 5.91 Å². The first-order chi connectivity index (χ1) is 9.32. The number of carbonyl (C=O) groups is 2. The predicted octanol–water partition coefficient (Wildman–Crippen LogP) is 0.329. The molecule has 9 heteroatoms. The first kappa shape index (κ1) is 14.9. The third-order valence-corrected chi connectivity index (χ3v) is 4.94. The molecule has 1 aliphatic rings. The maximum atomic E-state index is 12.3. The molecule has 1 aromatic heterocycles. The number of aromatic nitrogens is 1. The fraction of sp³-hybridized carbons (Fsp3) is 0.364. The molecule has 2 rings (SSSR count). The fourth-order valence-electron chi connectivity index (χ4n) is 1.82. The van der Waals surface area contributed by atoms with Crippen LogP contribution in [-0.4, -0.2) is 50.2 Å². The lowest BCUT2D eigenvalue weighted by Gasteiger charge is -2.34. The molecule has 0 saturated carbocycles. The van der Waals surface area contributed by atoms with Gasteiger partial charge in [-0.3, -0.25) is 9.59 Å². The van der Waals surface area contributed by atoms with Crippen molar-refractivity contribution < 1.29 is 18.4 Å². The van der Waals surface area contributed by atoms with Gasteiger partial charge in [-0.15, -0.1) is 0 Å². The van der Waals surface area contributed by atoms with Gasteiger partial charge < -0.3 is 9.45 Å².